The summed E-state index contributed by atoms with van der Waals surface area (Å²) in [4.78, 5) is 16.0. The molecule has 1 heterocycles. The van der Waals surface area contributed by atoms with Crippen LogP contribution in [0.1, 0.15) is 26.5 Å². The minimum Gasteiger partial charge on any atom is -0.444 e. The fourth-order valence-corrected chi connectivity index (χ4v) is 1.88. The molecule has 1 unspecified atom stereocenters. The third-order valence-electron chi connectivity index (χ3n) is 3.67. The smallest absolute Gasteiger partial charge is 0.315 e. The van der Waals surface area contributed by atoms with E-state index in [2.05, 4.69) is 29.5 Å². The maximum Gasteiger partial charge on any atom is 0.315 e. The van der Waals surface area contributed by atoms with Crippen molar-refractivity contribution in [1.82, 2.24) is 15.6 Å². The molecule has 0 bridgehead atoms. The number of urea groups is 1. The van der Waals surface area contributed by atoms with Crippen molar-refractivity contribution in [3.63, 3.8) is 0 Å². The van der Waals surface area contributed by atoms with Crippen LogP contribution in [-0.4, -0.2) is 23.6 Å². The number of aromatic nitrogens is 1. The average molecular weight is 319 g/mol. The lowest BCUT2D eigenvalue weighted by Gasteiger charge is -2.17. The molecule has 2 aromatic rings. The molecule has 0 aliphatic carbocycles. The van der Waals surface area contributed by atoms with Crippen molar-refractivity contribution < 1.29 is 13.6 Å². The van der Waals surface area contributed by atoms with E-state index in [4.69, 9.17) is 4.42 Å². The Morgan fingerprint density at radius 1 is 1.26 bits per heavy atom. The van der Waals surface area contributed by atoms with Gasteiger partial charge in [0.25, 0.3) is 0 Å². The van der Waals surface area contributed by atoms with Gasteiger partial charge in [-0.3, -0.25) is 0 Å². The number of nitrogens with zero attached hydrogens (tertiary/aromatic N) is 1. The predicted molar refractivity (Wildman–Crippen MR) is 86.4 cm³/mol. The lowest BCUT2D eigenvalue weighted by atomic mass is 10.1. The van der Waals surface area contributed by atoms with Crippen molar-refractivity contribution >= 4 is 6.03 Å². The zero-order valence-corrected chi connectivity index (χ0v) is 13.6. The van der Waals surface area contributed by atoms with E-state index in [1.807, 2.05) is 6.92 Å². The number of hydrogen-bond acceptors (Lipinski definition) is 3. The highest BCUT2D eigenvalue weighted by Crippen LogP contribution is 2.18. The molecule has 0 aliphatic heterocycles. The summed E-state index contributed by atoms with van der Waals surface area (Å²) in [6, 6.07) is 5.89. The van der Waals surface area contributed by atoms with Gasteiger partial charge in [0.1, 0.15) is 12.1 Å². The highest BCUT2D eigenvalue weighted by molar-refractivity contribution is 5.74. The van der Waals surface area contributed by atoms with E-state index < -0.39 is 0 Å². The fraction of sp³-hybridized carbons (Fsp3) is 0.412. The third-order valence-corrected chi connectivity index (χ3v) is 3.67. The molecular weight excluding hydrogens is 297 g/mol. The molecule has 6 heteroatoms. The molecule has 1 aromatic carbocycles. The first kappa shape index (κ1) is 17.0. The summed E-state index contributed by atoms with van der Waals surface area (Å²) in [6.07, 6.45) is 2.11. The number of hydrogen-bond donors (Lipinski definition) is 2. The maximum atomic E-state index is 12.9. The van der Waals surface area contributed by atoms with Crippen molar-refractivity contribution in [2.75, 3.05) is 6.54 Å². The minimum atomic E-state index is -0.300. The predicted octanol–water partition coefficient (Wildman–Crippen LogP) is 3.37. The Morgan fingerprint density at radius 3 is 2.61 bits per heavy atom. The Hall–Kier alpha value is -2.37. The Kier molecular flexibility index (Phi) is 5.73. The topological polar surface area (TPSA) is 67.2 Å². The Morgan fingerprint density at radius 2 is 1.96 bits per heavy atom. The zero-order valence-electron chi connectivity index (χ0n) is 13.6. The second kappa shape index (κ2) is 7.76. The summed E-state index contributed by atoms with van der Waals surface area (Å²) in [7, 11) is 0. The first-order chi connectivity index (χ1) is 11.0. The number of benzene rings is 1. The summed E-state index contributed by atoms with van der Waals surface area (Å²) in [5.41, 5.74) is 1.45. The molecule has 23 heavy (non-hydrogen) atoms. The van der Waals surface area contributed by atoms with Gasteiger partial charge in [-0.1, -0.05) is 13.8 Å². The van der Waals surface area contributed by atoms with Gasteiger partial charge < -0.3 is 15.1 Å². The van der Waals surface area contributed by atoms with Crippen LogP contribution in [0.2, 0.25) is 0 Å². The molecule has 2 rings (SSSR count). The molecule has 0 aliphatic rings. The second-order valence-electron chi connectivity index (χ2n) is 5.83. The molecule has 0 radical (unpaired) electrons. The van der Waals surface area contributed by atoms with E-state index in [0.717, 1.165) is 5.69 Å². The molecule has 0 saturated carbocycles. The van der Waals surface area contributed by atoms with Crippen LogP contribution >= 0.6 is 0 Å². The summed E-state index contributed by atoms with van der Waals surface area (Å²) in [5.74, 6) is 0.527. The fourth-order valence-electron chi connectivity index (χ4n) is 1.88. The average Bonchev–Trinajstić information content (AvgIpc) is 2.96. The van der Waals surface area contributed by atoms with Crippen LogP contribution in [0.3, 0.4) is 0 Å². The normalized spacial score (nSPS) is 12.2. The van der Waals surface area contributed by atoms with Crippen LogP contribution in [0.4, 0.5) is 9.18 Å². The van der Waals surface area contributed by atoms with E-state index in [1.54, 1.807) is 18.4 Å². The van der Waals surface area contributed by atoms with Gasteiger partial charge in [0.05, 0.1) is 5.69 Å². The lowest BCUT2D eigenvalue weighted by molar-refractivity contribution is 0.234. The van der Waals surface area contributed by atoms with Gasteiger partial charge in [-0.15, -0.1) is 0 Å². The molecule has 1 atom stereocenters. The number of amides is 2. The summed E-state index contributed by atoms with van der Waals surface area (Å²) < 4.78 is 18.3. The van der Waals surface area contributed by atoms with Crippen molar-refractivity contribution in [2.24, 2.45) is 5.92 Å². The number of nitrogens with one attached hydrogen (secondary N) is 2. The molecular formula is C17H22FN3O2. The van der Waals surface area contributed by atoms with Gasteiger partial charge in [0.15, 0.2) is 0 Å². The number of halogens is 1. The number of rotatable bonds is 6. The Balaban J connectivity index is 1.81. The SMILES string of the molecule is CC(C)C(C)NC(=O)NCCc1coc(-c2ccc(F)cc2)n1. The van der Waals surface area contributed by atoms with E-state index in [1.165, 1.54) is 12.1 Å². The highest BCUT2D eigenvalue weighted by atomic mass is 19.1. The van der Waals surface area contributed by atoms with E-state index >= 15 is 0 Å². The Bertz CT molecular complexity index is 638. The summed E-state index contributed by atoms with van der Waals surface area (Å²) in [5, 5.41) is 5.66. The lowest BCUT2D eigenvalue weighted by Crippen LogP contribution is -2.43. The van der Waals surface area contributed by atoms with Gasteiger partial charge in [0.2, 0.25) is 5.89 Å². The molecule has 0 spiro atoms. The van der Waals surface area contributed by atoms with Crippen LogP contribution in [0, 0.1) is 11.7 Å². The standard InChI is InChI=1S/C17H22FN3O2/c1-11(2)12(3)20-17(22)19-9-8-15-10-23-16(21-15)13-4-6-14(18)7-5-13/h4-7,10-12H,8-9H2,1-3H3,(H2,19,20,22). The quantitative estimate of drug-likeness (QED) is 0.858. The summed E-state index contributed by atoms with van der Waals surface area (Å²) >= 11 is 0. The first-order valence-electron chi connectivity index (χ1n) is 7.70. The van der Waals surface area contributed by atoms with Crippen molar-refractivity contribution in [1.29, 1.82) is 0 Å². The van der Waals surface area contributed by atoms with Crippen molar-refractivity contribution in [2.45, 2.75) is 33.2 Å². The van der Waals surface area contributed by atoms with Crippen LogP contribution in [0.5, 0.6) is 0 Å². The van der Waals surface area contributed by atoms with E-state index in [9.17, 15) is 9.18 Å². The third kappa shape index (κ3) is 5.09. The maximum absolute atomic E-state index is 12.9. The van der Waals surface area contributed by atoms with Gasteiger partial charge in [0, 0.05) is 24.6 Å². The van der Waals surface area contributed by atoms with Crippen molar-refractivity contribution in [3.8, 4) is 11.5 Å². The minimum absolute atomic E-state index is 0.118. The molecule has 0 fully saturated rings. The number of carbonyl (C=O) groups excluding carboxylic acids is 1. The van der Waals surface area contributed by atoms with Crippen LogP contribution < -0.4 is 10.6 Å². The van der Waals surface area contributed by atoms with E-state index in [-0.39, 0.29) is 17.9 Å². The second-order valence-corrected chi connectivity index (χ2v) is 5.83. The zero-order chi connectivity index (χ0) is 16.8. The van der Waals surface area contributed by atoms with Crippen LogP contribution in [0.15, 0.2) is 34.9 Å². The molecule has 124 valence electrons. The van der Waals surface area contributed by atoms with E-state index in [0.29, 0.717) is 30.3 Å². The largest absolute Gasteiger partial charge is 0.444 e. The monoisotopic (exact) mass is 319 g/mol. The Labute approximate surface area is 135 Å². The van der Waals surface area contributed by atoms with Crippen LogP contribution in [0.25, 0.3) is 11.5 Å². The molecule has 0 saturated heterocycles. The molecule has 1 aromatic heterocycles. The first-order valence-corrected chi connectivity index (χ1v) is 7.70. The summed E-state index contributed by atoms with van der Waals surface area (Å²) in [6.45, 7) is 6.54. The van der Waals surface area contributed by atoms with Gasteiger partial charge in [-0.25, -0.2) is 14.2 Å². The number of carbonyl (C=O) groups is 1. The molecule has 5 nitrogen and oxygen atoms in total. The molecule has 2 N–H and O–H groups in total. The van der Waals surface area contributed by atoms with Gasteiger partial charge in [-0.2, -0.15) is 0 Å². The van der Waals surface area contributed by atoms with Gasteiger partial charge >= 0.3 is 6.03 Å². The van der Waals surface area contributed by atoms with Crippen LogP contribution in [-0.2, 0) is 6.42 Å². The molecule has 2 amide bonds. The van der Waals surface area contributed by atoms with Crippen molar-refractivity contribution in [3.05, 3.63) is 42.0 Å². The number of oxazole rings is 1. The van der Waals surface area contributed by atoms with Gasteiger partial charge in [-0.05, 0) is 37.1 Å². The highest BCUT2D eigenvalue weighted by Gasteiger charge is 2.11.